The third kappa shape index (κ3) is 3.37. The van der Waals surface area contributed by atoms with Gasteiger partial charge in [0, 0.05) is 11.5 Å². The summed E-state index contributed by atoms with van der Waals surface area (Å²) in [5.74, 6) is -13.7. The van der Waals surface area contributed by atoms with Crippen molar-refractivity contribution in [3.8, 4) is 16.9 Å². The molecule has 0 radical (unpaired) electrons. The Morgan fingerprint density at radius 3 is 2.00 bits per heavy atom. The molecule has 1 aliphatic heterocycles. The fraction of sp³-hybridized carbons (Fsp3) is 0.478. The lowest BCUT2D eigenvalue weighted by Crippen LogP contribution is -2.41. The van der Waals surface area contributed by atoms with E-state index in [2.05, 4.69) is 0 Å². The van der Waals surface area contributed by atoms with Crippen LogP contribution in [-0.2, 0) is 21.3 Å². The maximum absolute atomic E-state index is 15.3. The summed E-state index contributed by atoms with van der Waals surface area (Å²) in [6.45, 7) is 3.89. The average molecular weight is 460 g/mol. The molecule has 3 nitrogen and oxygen atoms in total. The minimum absolute atomic E-state index is 0.0489. The monoisotopic (exact) mass is 460 g/mol. The third-order valence-electron chi connectivity index (χ3n) is 5.81. The SMILES string of the molecule is CCCC1COC(c2ccc3c(c2F)C(F)(F)C(F)(F)c2c-3ccc(OCC)c2F)OC1. The number of fused-ring (bicyclic) bond motifs is 3. The van der Waals surface area contributed by atoms with Gasteiger partial charge in [-0.3, -0.25) is 0 Å². The van der Waals surface area contributed by atoms with Crippen LogP contribution in [0.25, 0.3) is 11.1 Å². The number of benzene rings is 2. The number of rotatable bonds is 5. The Morgan fingerprint density at radius 1 is 0.875 bits per heavy atom. The van der Waals surface area contributed by atoms with E-state index in [1.807, 2.05) is 6.92 Å². The van der Waals surface area contributed by atoms with Crippen molar-refractivity contribution in [2.24, 2.45) is 5.92 Å². The summed E-state index contributed by atoms with van der Waals surface area (Å²) in [7, 11) is 0. The van der Waals surface area contributed by atoms with E-state index in [4.69, 9.17) is 14.2 Å². The highest BCUT2D eigenvalue weighted by molar-refractivity contribution is 5.77. The molecule has 0 saturated carbocycles. The highest BCUT2D eigenvalue weighted by atomic mass is 19.3. The molecule has 2 aliphatic rings. The van der Waals surface area contributed by atoms with Crippen molar-refractivity contribution in [2.75, 3.05) is 19.8 Å². The lowest BCUT2D eigenvalue weighted by atomic mass is 9.79. The van der Waals surface area contributed by atoms with Gasteiger partial charge < -0.3 is 14.2 Å². The Hall–Kier alpha value is -2.26. The molecule has 0 amide bonds. The van der Waals surface area contributed by atoms with Gasteiger partial charge in [0.25, 0.3) is 0 Å². The fourth-order valence-electron chi connectivity index (χ4n) is 4.27. The maximum Gasteiger partial charge on any atom is 0.343 e. The van der Waals surface area contributed by atoms with Gasteiger partial charge in [0.05, 0.1) is 30.9 Å². The zero-order valence-electron chi connectivity index (χ0n) is 17.5. The van der Waals surface area contributed by atoms with Crippen LogP contribution in [0.1, 0.15) is 49.7 Å². The van der Waals surface area contributed by atoms with Crippen molar-refractivity contribution in [1.29, 1.82) is 0 Å². The highest BCUT2D eigenvalue weighted by Gasteiger charge is 2.65. The largest absolute Gasteiger partial charge is 0.491 e. The molecule has 4 rings (SSSR count). The first-order chi connectivity index (χ1) is 15.1. The summed E-state index contributed by atoms with van der Waals surface area (Å²) in [5, 5.41) is 0. The number of ether oxygens (including phenoxy) is 3. The van der Waals surface area contributed by atoms with Crippen LogP contribution in [0.4, 0.5) is 26.3 Å². The molecular weight excluding hydrogens is 438 g/mol. The van der Waals surface area contributed by atoms with E-state index in [9.17, 15) is 13.2 Å². The van der Waals surface area contributed by atoms with Crippen molar-refractivity contribution in [3.63, 3.8) is 0 Å². The third-order valence-corrected chi connectivity index (χ3v) is 5.81. The molecule has 0 aromatic heterocycles. The van der Waals surface area contributed by atoms with Crippen molar-refractivity contribution in [2.45, 2.75) is 44.8 Å². The molecule has 1 saturated heterocycles. The second kappa shape index (κ2) is 8.26. The summed E-state index contributed by atoms with van der Waals surface area (Å²) < 4.78 is 106. The van der Waals surface area contributed by atoms with E-state index in [0.29, 0.717) is 0 Å². The first kappa shape index (κ1) is 22.9. The predicted molar refractivity (Wildman–Crippen MR) is 104 cm³/mol. The first-order valence-electron chi connectivity index (χ1n) is 10.4. The van der Waals surface area contributed by atoms with Crippen LogP contribution in [-0.4, -0.2) is 19.8 Å². The average Bonchev–Trinajstić information content (AvgIpc) is 2.74. The van der Waals surface area contributed by atoms with Gasteiger partial charge in [-0.1, -0.05) is 25.5 Å². The second-order valence-corrected chi connectivity index (χ2v) is 7.93. The van der Waals surface area contributed by atoms with E-state index in [-0.39, 0.29) is 25.7 Å². The van der Waals surface area contributed by atoms with Crippen LogP contribution >= 0.6 is 0 Å². The quantitative estimate of drug-likeness (QED) is 0.466. The second-order valence-electron chi connectivity index (χ2n) is 7.93. The molecule has 1 fully saturated rings. The van der Waals surface area contributed by atoms with E-state index in [1.54, 1.807) is 0 Å². The van der Waals surface area contributed by atoms with Crippen LogP contribution in [0.5, 0.6) is 5.75 Å². The van der Waals surface area contributed by atoms with Gasteiger partial charge >= 0.3 is 11.8 Å². The van der Waals surface area contributed by atoms with Crippen LogP contribution in [0.3, 0.4) is 0 Å². The molecule has 1 heterocycles. The lowest BCUT2D eigenvalue weighted by Gasteiger charge is -2.36. The number of hydrogen-bond donors (Lipinski definition) is 0. The number of halogens is 6. The van der Waals surface area contributed by atoms with Gasteiger partial charge in [-0.2, -0.15) is 17.6 Å². The van der Waals surface area contributed by atoms with E-state index < -0.39 is 63.3 Å². The van der Waals surface area contributed by atoms with Gasteiger partial charge in [0.15, 0.2) is 17.9 Å². The van der Waals surface area contributed by atoms with Gasteiger partial charge in [0.1, 0.15) is 5.82 Å². The van der Waals surface area contributed by atoms with E-state index >= 15 is 13.2 Å². The number of alkyl halides is 4. The minimum Gasteiger partial charge on any atom is -0.491 e. The van der Waals surface area contributed by atoms with Crippen molar-refractivity contribution >= 4 is 0 Å². The summed E-state index contributed by atoms with van der Waals surface area (Å²) in [6, 6.07) is 4.32. The molecule has 2 aromatic carbocycles. The van der Waals surface area contributed by atoms with E-state index in [0.717, 1.165) is 37.1 Å². The zero-order valence-corrected chi connectivity index (χ0v) is 17.5. The summed E-state index contributed by atoms with van der Waals surface area (Å²) in [6.07, 6.45) is 0.407. The van der Waals surface area contributed by atoms with Gasteiger partial charge in [0.2, 0.25) is 0 Å². The Kier molecular flexibility index (Phi) is 5.92. The van der Waals surface area contributed by atoms with Crippen LogP contribution in [0.15, 0.2) is 24.3 Å². The minimum atomic E-state index is -5.01. The molecule has 1 aliphatic carbocycles. The maximum atomic E-state index is 15.3. The molecule has 174 valence electrons. The highest BCUT2D eigenvalue weighted by Crippen LogP contribution is 2.60. The molecular formula is C23H22F6O3. The Morgan fingerprint density at radius 2 is 1.44 bits per heavy atom. The van der Waals surface area contributed by atoms with Crippen LogP contribution < -0.4 is 4.74 Å². The molecule has 2 aromatic rings. The van der Waals surface area contributed by atoms with Crippen molar-refractivity contribution < 1.29 is 40.6 Å². The topological polar surface area (TPSA) is 27.7 Å². The zero-order chi connectivity index (χ0) is 23.3. The molecule has 0 atom stereocenters. The van der Waals surface area contributed by atoms with Crippen LogP contribution in [0.2, 0.25) is 0 Å². The van der Waals surface area contributed by atoms with Gasteiger partial charge in [-0.25, -0.2) is 8.78 Å². The Bertz CT molecular complexity index is 1020. The molecule has 0 unspecified atom stereocenters. The summed E-state index contributed by atoms with van der Waals surface area (Å²) >= 11 is 0. The molecule has 0 N–H and O–H groups in total. The Balaban J connectivity index is 1.83. The molecule has 9 heteroatoms. The predicted octanol–water partition coefficient (Wildman–Crippen LogP) is 6.69. The standard InChI is InChI=1S/C23H22F6O3/c1-3-5-12-10-31-21(32-11-12)15-7-6-13-14-8-9-16(30-4-2)20(25)18(14)23(28,29)22(26,27)17(13)19(15)24/h6-9,12,21H,3-5,10-11H2,1-2H3. The van der Waals surface area contributed by atoms with E-state index in [1.165, 1.54) is 6.92 Å². The van der Waals surface area contributed by atoms with Gasteiger partial charge in [-0.15, -0.1) is 0 Å². The summed E-state index contributed by atoms with van der Waals surface area (Å²) in [4.78, 5) is 0. The number of hydrogen-bond acceptors (Lipinski definition) is 3. The molecule has 32 heavy (non-hydrogen) atoms. The fourth-order valence-corrected chi connectivity index (χ4v) is 4.27. The molecule has 0 spiro atoms. The first-order valence-corrected chi connectivity index (χ1v) is 10.4. The van der Waals surface area contributed by atoms with Crippen molar-refractivity contribution in [1.82, 2.24) is 0 Å². The normalized spacial score (nSPS) is 23.4. The lowest BCUT2D eigenvalue weighted by molar-refractivity contribution is -0.229. The Labute approximate surface area is 181 Å². The van der Waals surface area contributed by atoms with Gasteiger partial charge in [-0.05, 0) is 36.6 Å². The van der Waals surface area contributed by atoms with Crippen molar-refractivity contribution in [3.05, 3.63) is 52.6 Å². The smallest absolute Gasteiger partial charge is 0.343 e. The molecule has 0 bridgehead atoms. The van der Waals surface area contributed by atoms with Crippen LogP contribution in [0, 0.1) is 17.6 Å². The summed E-state index contributed by atoms with van der Waals surface area (Å²) in [5.41, 5.74) is -4.45.